The fraction of sp³-hybridized carbons (Fsp3) is 0.833. The molecule has 2 atom stereocenters. The average Bonchev–Trinajstić information content (AvgIpc) is 2.30. The van der Waals surface area contributed by atoms with Crippen molar-refractivity contribution in [1.82, 2.24) is 4.90 Å². The topological polar surface area (TPSA) is 57.6 Å². The lowest BCUT2D eigenvalue weighted by molar-refractivity contribution is -0.152. The number of hydrogen-bond donors (Lipinski definition) is 1. The molecule has 0 heterocycles. The Labute approximate surface area is 96.6 Å². The van der Waals surface area contributed by atoms with Crippen LogP contribution in [0.4, 0.5) is 0 Å². The summed E-state index contributed by atoms with van der Waals surface area (Å²) in [6.07, 6.45) is 3.28. The Morgan fingerprint density at radius 1 is 1.12 bits per heavy atom. The van der Waals surface area contributed by atoms with E-state index in [0.29, 0.717) is 19.5 Å². The molecule has 0 radical (unpaired) electrons. The lowest BCUT2D eigenvalue weighted by atomic mass is 9.78. The summed E-state index contributed by atoms with van der Waals surface area (Å²) in [6.45, 7) is 5.19. The van der Waals surface area contributed by atoms with Crippen molar-refractivity contribution in [1.29, 1.82) is 0 Å². The van der Waals surface area contributed by atoms with Gasteiger partial charge in [0.25, 0.3) is 0 Å². The Bertz CT molecular complexity index is 261. The highest BCUT2D eigenvalue weighted by Gasteiger charge is 2.37. The molecule has 0 unspecified atom stereocenters. The highest BCUT2D eigenvalue weighted by atomic mass is 16.4. The fourth-order valence-corrected chi connectivity index (χ4v) is 2.49. The minimum absolute atomic E-state index is 0.0251. The zero-order chi connectivity index (χ0) is 12.1. The quantitative estimate of drug-likeness (QED) is 0.796. The lowest BCUT2D eigenvalue weighted by Crippen LogP contribution is -2.42. The Balaban J connectivity index is 2.74. The number of rotatable bonds is 4. The van der Waals surface area contributed by atoms with E-state index in [1.54, 1.807) is 4.90 Å². The van der Waals surface area contributed by atoms with Gasteiger partial charge in [-0.1, -0.05) is 12.8 Å². The van der Waals surface area contributed by atoms with Gasteiger partial charge in [-0.25, -0.2) is 0 Å². The van der Waals surface area contributed by atoms with E-state index < -0.39 is 11.9 Å². The van der Waals surface area contributed by atoms with Crippen LogP contribution in [0.1, 0.15) is 39.5 Å². The summed E-state index contributed by atoms with van der Waals surface area (Å²) in [4.78, 5) is 25.0. The van der Waals surface area contributed by atoms with Crippen molar-refractivity contribution in [3.63, 3.8) is 0 Å². The van der Waals surface area contributed by atoms with Crippen molar-refractivity contribution in [2.24, 2.45) is 11.8 Å². The summed E-state index contributed by atoms with van der Waals surface area (Å²) < 4.78 is 0. The molecule has 4 nitrogen and oxygen atoms in total. The van der Waals surface area contributed by atoms with Gasteiger partial charge >= 0.3 is 5.97 Å². The summed E-state index contributed by atoms with van der Waals surface area (Å²) in [7, 11) is 0. The average molecular weight is 227 g/mol. The molecule has 0 spiro atoms. The predicted octanol–water partition coefficient (Wildman–Crippen LogP) is 1.75. The van der Waals surface area contributed by atoms with Gasteiger partial charge in [0.1, 0.15) is 0 Å². The first-order valence-corrected chi connectivity index (χ1v) is 6.13. The van der Waals surface area contributed by atoms with Crippen LogP contribution < -0.4 is 0 Å². The van der Waals surface area contributed by atoms with Gasteiger partial charge in [0.15, 0.2) is 0 Å². The largest absolute Gasteiger partial charge is 0.481 e. The number of nitrogens with zero attached hydrogens (tertiary/aromatic N) is 1. The van der Waals surface area contributed by atoms with E-state index >= 15 is 0 Å². The summed E-state index contributed by atoms with van der Waals surface area (Å²) in [5.41, 5.74) is 0. The minimum Gasteiger partial charge on any atom is -0.481 e. The van der Waals surface area contributed by atoms with Crippen LogP contribution in [0.5, 0.6) is 0 Å². The second-order valence-corrected chi connectivity index (χ2v) is 4.35. The Morgan fingerprint density at radius 3 is 2.06 bits per heavy atom. The number of carbonyl (C=O) groups is 2. The molecule has 92 valence electrons. The van der Waals surface area contributed by atoms with Crippen LogP contribution >= 0.6 is 0 Å². The summed E-state index contributed by atoms with van der Waals surface area (Å²) in [5.74, 6) is -1.56. The molecule has 0 aromatic heterocycles. The Kier molecular flexibility index (Phi) is 4.77. The second-order valence-electron chi connectivity index (χ2n) is 4.35. The maximum atomic E-state index is 12.1. The molecular weight excluding hydrogens is 206 g/mol. The van der Waals surface area contributed by atoms with Crippen LogP contribution in [-0.4, -0.2) is 35.0 Å². The molecule has 4 heteroatoms. The fourth-order valence-electron chi connectivity index (χ4n) is 2.49. The molecule has 1 aliphatic carbocycles. The molecule has 0 aromatic rings. The van der Waals surface area contributed by atoms with Gasteiger partial charge < -0.3 is 10.0 Å². The molecule has 0 bridgehead atoms. The van der Waals surface area contributed by atoms with Gasteiger partial charge in [-0.15, -0.1) is 0 Å². The van der Waals surface area contributed by atoms with E-state index in [1.165, 1.54) is 0 Å². The van der Waals surface area contributed by atoms with Crippen LogP contribution in [0.25, 0.3) is 0 Å². The van der Waals surface area contributed by atoms with Crippen molar-refractivity contribution in [3.05, 3.63) is 0 Å². The molecule has 0 aromatic carbocycles. The third-order valence-corrected chi connectivity index (χ3v) is 3.48. The van der Waals surface area contributed by atoms with E-state index in [1.807, 2.05) is 13.8 Å². The van der Waals surface area contributed by atoms with Crippen molar-refractivity contribution in [2.45, 2.75) is 39.5 Å². The Morgan fingerprint density at radius 2 is 1.62 bits per heavy atom. The number of hydrogen-bond acceptors (Lipinski definition) is 2. The van der Waals surface area contributed by atoms with Gasteiger partial charge in [0, 0.05) is 13.1 Å². The molecule has 1 fully saturated rings. The van der Waals surface area contributed by atoms with E-state index in [0.717, 1.165) is 19.3 Å². The number of aliphatic carboxylic acids is 1. The normalized spacial score (nSPS) is 25.1. The van der Waals surface area contributed by atoms with Gasteiger partial charge in [-0.05, 0) is 26.7 Å². The first-order chi connectivity index (χ1) is 7.61. The van der Waals surface area contributed by atoms with Gasteiger partial charge in [0.05, 0.1) is 11.8 Å². The maximum absolute atomic E-state index is 12.1. The smallest absolute Gasteiger partial charge is 0.307 e. The van der Waals surface area contributed by atoms with E-state index in [-0.39, 0.29) is 11.8 Å². The standard InChI is InChI=1S/C12H21NO3/c1-3-13(4-2)11(14)9-7-5-6-8-10(9)12(15)16/h9-10H,3-8H2,1-2H3,(H,15,16)/t9-,10-/m1/s1. The van der Waals surface area contributed by atoms with E-state index in [4.69, 9.17) is 5.11 Å². The highest BCUT2D eigenvalue weighted by molar-refractivity contribution is 5.84. The second kappa shape index (κ2) is 5.87. The molecule has 1 N–H and O–H groups in total. The molecule has 1 rings (SSSR count). The number of carboxylic acids is 1. The zero-order valence-electron chi connectivity index (χ0n) is 10.1. The zero-order valence-corrected chi connectivity index (χ0v) is 10.1. The third-order valence-electron chi connectivity index (χ3n) is 3.48. The minimum atomic E-state index is -0.815. The van der Waals surface area contributed by atoms with Gasteiger partial charge in [-0.2, -0.15) is 0 Å². The molecule has 16 heavy (non-hydrogen) atoms. The van der Waals surface area contributed by atoms with E-state index in [9.17, 15) is 9.59 Å². The maximum Gasteiger partial charge on any atom is 0.307 e. The SMILES string of the molecule is CCN(CC)C(=O)[C@@H]1CCCC[C@H]1C(=O)O. The van der Waals surface area contributed by atoms with Crippen LogP contribution in [0.3, 0.4) is 0 Å². The van der Waals surface area contributed by atoms with Crippen molar-refractivity contribution in [3.8, 4) is 0 Å². The summed E-state index contributed by atoms with van der Waals surface area (Å²) >= 11 is 0. The number of amides is 1. The van der Waals surface area contributed by atoms with Crippen LogP contribution in [0.15, 0.2) is 0 Å². The van der Waals surface area contributed by atoms with Crippen LogP contribution in [0, 0.1) is 11.8 Å². The Hall–Kier alpha value is -1.06. The van der Waals surface area contributed by atoms with Gasteiger partial charge in [0.2, 0.25) is 5.91 Å². The third kappa shape index (κ3) is 2.74. The molecule has 0 aliphatic heterocycles. The molecule has 1 saturated carbocycles. The van der Waals surface area contributed by atoms with E-state index in [2.05, 4.69) is 0 Å². The molecule has 0 saturated heterocycles. The molecule has 1 amide bonds. The summed E-state index contributed by atoms with van der Waals surface area (Å²) in [6, 6.07) is 0. The van der Waals surface area contributed by atoms with Crippen molar-refractivity contribution < 1.29 is 14.7 Å². The highest BCUT2D eigenvalue weighted by Crippen LogP contribution is 2.31. The number of carbonyl (C=O) groups excluding carboxylic acids is 1. The van der Waals surface area contributed by atoms with Crippen molar-refractivity contribution in [2.75, 3.05) is 13.1 Å². The van der Waals surface area contributed by atoms with Crippen LogP contribution in [-0.2, 0) is 9.59 Å². The number of carboxylic acid groups (broad SMARTS) is 1. The van der Waals surface area contributed by atoms with Crippen molar-refractivity contribution >= 4 is 11.9 Å². The first-order valence-electron chi connectivity index (χ1n) is 6.13. The first kappa shape index (κ1) is 13.0. The molecular formula is C12H21NO3. The monoisotopic (exact) mass is 227 g/mol. The summed E-state index contributed by atoms with van der Waals surface area (Å²) in [5, 5.41) is 9.11. The predicted molar refractivity (Wildman–Crippen MR) is 61.0 cm³/mol. The lowest BCUT2D eigenvalue weighted by Gasteiger charge is -2.31. The van der Waals surface area contributed by atoms with Gasteiger partial charge in [-0.3, -0.25) is 9.59 Å². The van der Waals surface area contributed by atoms with Crippen LogP contribution in [0.2, 0.25) is 0 Å². The molecule has 1 aliphatic rings.